The molecular weight excluding hydrogens is 263 g/mol. The second-order valence-corrected chi connectivity index (χ2v) is 7.34. The van der Waals surface area contributed by atoms with E-state index in [1.807, 2.05) is 12.1 Å². The van der Waals surface area contributed by atoms with E-state index in [0.717, 1.165) is 19.6 Å². The fourth-order valence-corrected chi connectivity index (χ4v) is 3.23. The monoisotopic (exact) mass is 292 g/mol. The van der Waals surface area contributed by atoms with Crippen molar-refractivity contribution in [2.45, 2.75) is 46.1 Å². The Bertz CT molecular complexity index is 458. The zero-order valence-electron chi connectivity index (χ0n) is 13.6. The molecule has 2 rings (SSSR count). The Hall–Kier alpha value is -0.930. The first-order valence-electron chi connectivity index (χ1n) is 8.11. The molecule has 0 saturated carbocycles. The largest absolute Gasteiger partial charge is 0.324 e. The molecule has 0 amide bonds. The molecule has 3 heteroatoms. The van der Waals surface area contributed by atoms with Crippen LogP contribution in [0.5, 0.6) is 0 Å². The van der Waals surface area contributed by atoms with E-state index in [1.165, 1.54) is 25.3 Å². The quantitative estimate of drug-likeness (QED) is 0.909. The van der Waals surface area contributed by atoms with Crippen molar-refractivity contribution in [1.82, 2.24) is 4.90 Å². The number of hydrogen-bond donors (Lipinski definition) is 1. The SMILES string of the molecule is CC(CN1CCCC(C)(C)CC1)C(N)c1ccccc1F. The molecule has 1 saturated heterocycles. The number of likely N-dealkylation sites (tertiary alicyclic amines) is 1. The molecule has 2 atom stereocenters. The first-order valence-corrected chi connectivity index (χ1v) is 8.11. The Balaban J connectivity index is 1.95. The molecule has 118 valence electrons. The lowest BCUT2D eigenvalue weighted by Gasteiger charge is -2.28. The summed E-state index contributed by atoms with van der Waals surface area (Å²) in [5, 5.41) is 0. The lowest BCUT2D eigenvalue weighted by molar-refractivity contribution is 0.218. The third-order valence-corrected chi connectivity index (χ3v) is 4.86. The molecule has 0 bridgehead atoms. The van der Waals surface area contributed by atoms with Crippen LogP contribution in [0, 0.1) is 17.2 Å². The summed E-state index contributed by atoms with van der Waals surface area (Å²) in [5.74, 6) is 0.0666. The van der Waals surface area contributed by atoms with Crippen LogP contribution in [0.4, 0.5) is 4.39 Å². The van der Waals surface area contributed by atoms with Crippen LogP contribution in [0.1, 0.15) is 51.6 Å². The maximum atomic E-state index is 13.9. The van der Waals surface area contributed by atoms with Gasteiger partial charge in [0.15, 0.2) is 0 Å². The summed E-state index contributed by atoms with van der Waals surface area (Å²) in [5.41, 5.74) is 7.37. The first-order chi connectivity index (χ1) is 9.89. The molecule has 0 radical (unpaired) electrons. The predicted molar refractivity (Wildman–Crippen MR) is 86.6 cm³/mol. The lowest BCUT2D eigenvalue weighted by Crippen LogP contribution is -2.34. The van der Waals surface area contributed by atoms with E-state index in [1.54, 1.807) is 6.07 Å². The summed E-state index contributed by atoms with van der Waals surface area (Å²) in [4.78, 5) is 2.50. The van der Waals surface area contributed by atoms with Crippen molar-refractivity contribution in [3.63, 3.8) is 0 Å². The Morgan fingerprint density at radius 2 is 1.95 bits per heavy atom. The molecule has 1 aromatic rings. The minimum absolute atomic E-state index is 0.186. The van der Waals surface area contributed by atoms with Crippen LogP contribution in [-0.4, -0.2) is 24.5 Å². The van der Waals surface area contributed by atoms with Gasteiger partial charge in [0.25, 0.3) is 0 Å². The molecule has 0 spiro atoms. The highest BCUT2D eigenvalue weighted by Crippen LogP contribution is 2.31. The zero-order valence-corrected chi connectivity index (χ0v) is 13.6. The molecular formula is C18H29FN2. The second kappa shape index (κ2) is 6.89. The van der Waals surface area contributed by atoms with E-state index in [9.17, 15) is 4.39 Å². The number of hydrogen-bond acceptors (Lipinski definition) is 2. The Morgan fingerprint density at radius 3 is 2.67 bits per heavy atom. The van der Waals surface area contributed by atoms with Crippen LogP contribution in [0.3, 0.4) is 0 Å². The van der Waals surface area contributed by atoms with Gasteiger partial charge in [0, 0.05) is 18.2 Å². The number of rotatable bonds is 4. The van der Waals surface area contributed by atoms with Crippen molar-refractivity contribution in [2.24, 2.45) is 17.1 Å². The van der Waals surface area contributed by atoms with Crippen molar-refractivity contribution in [3.8, 4) is 0 Å². The highest BCUT2D eigenvalue weighted by Gasteiger charge is 2.25. The van der Waals surface area contributed by atoms with Crippen molar-refractivity contribution >= 4 is 0 Å². The standard InChI is InChI=1S/C18H29FN2/c1-14(17(20)15-7-4-5-8-16(15)19)13-21-11-6-9-18(2,3)10-12-21/h4-5,7-8,14,17H,6,9-13,20H2,1-3H3. The number of halogens is 1. The minimum Gasteiger partial charge on any atom is -0.324 e. The van der Waals surface area contributed by atoms with E-state index in [4.69, 9.17) is 5.73 Å². The summed E-state index contributed by atoms with van der Waals surface area (Å²) in [6, 6.07) is 6.65. The molecule has 1 heterocycles. The van der Waals surface area contributed by atoms with Gasteiger partial charge in [-0.2, -0.15) is 0 Å². The molecule has 0 aliphatic carbocycles. The van der Waals surface area contributed by atoms with Gasteiger partial charge in [0.2, 0.25) is 0 Å². The van der Waals surface area contributed by atoms with Gasteiger partial charge in [-0.15, -0.1) is 0 Å². The highest BCUT2D eigenvalue weighted by molar-refractivity contribution is 5.21. The van der Waals surface area contributed by atoms with Gasteiger partial charge in [0.1, 0.15) is 5.82 Å². The van der Waals surface area contributed by atoms with E-state index in [-0.39, 0.29) is 17.8 Å². The van der Waals surface area contributed by atoms with Crippen LogP contribution in [0.15, 0.2) is 24.3 Å². The van der Waals surface area contributed by atoms with Gasteiger partial charge < -0.3 is 10.6 Å². The second-order valence-electron chi connectivity index (χ2n) is 7.34. The first kappa shape index (κ1) is 16.4. The van der Waals surface area contributed by atoms with Crippen LogP contribution < -0.4 is 5.73 Å². The van der Waals surface area contributed by atoms with Crippen LogP contribution >= 0.6 is 0 Å². The minimum atomic E-state index is -0.234. The van der Waals surface area contributed by atoms with Crippen molar-refractivity contribution < 1.29 is 4.39 Å². The maximum absolute atomic E-state index is 13.9. The molecule has 21 heavy (non-hydrogen) atoms. The highest BCUT2D eigenvalue weighted by atomic mass is 19.1. The van der Waals surface area contributed by atoms with Gasteiger partial charge >= 0.3 is 0 Å². The summed E-state index contributed by atoms with van der Waals surface area (Å²) in [6.07, 6.45) is 3.76. The van der Waals surface area contributed by atoms with Crippen molar-refractivity contribution in [2.75, 3.05) is 19.6 Å². The Labute approximate surface area is 128 Å². The average molecular weight is 292 g/mol. The lowest BCUT2D eigenvalue weighted by atomic mass is 9.85. The van der Waals surface area contributed by atoms with Crippen molar-refractivity contribution in [3.05, 3.63) is 35.6 Å². The Kier molecular flexibility index (Phi) is 5.39. The summed E-state index contributed by atoms with van der Waals surface area (Å²) < 4.78 is 13.9. The third kappa shape index (κ3) is 4.52. The maximum Gasteiger partial charge on any atom is 0.127 e. The zero-order chi connectivity index (χ0) is 15.5. The molecule has 0 aromatic heterocycles. The fraction of sp³-hybridized carbons (Fsp3) is 0.667. The molecule has 1 fully saturated rings. The molecule has 1 aliphatic heterocycles. The van der Waals surface area contributed by atoms with E-state index < -0.39 is 0 Å². The molecule has 1 aromatic carbocycles. The smallest absolute Gasteiger partial charge is 0.127 e. The average Bonchev–Trinajstić information content (AvgIpc) is 2.60. The van der Waals surface area contributed by atoms with Gasteiger partial charge in [-0.3, -0.25) is 0 Å². The van der Waals surface area contributed by atoms with Gasteiger partial charge in [-0.1, -0.05) is 39.0 Å². The molecule has 1 aliphatic rings. The number of nitrogens with two attached hydrogens (primary N) is 1. The molecule has 2 N–H and O–H groups in total. The normalized spacial score (nSPS) is 22.5. The number of benzene rings is 1. The Morgan fingerprint density at radius 1 is 1.24 bits per heavy atom. The van der Waals surface area contributed by atoms with Gasteiger partial charge in [-0.25, -0.2) is 4.39 Å². The van der Waals surface area contributed by atoms with Crippen LogP contribution in [0.25, 0.3) is 0 Å². The van der Waals surface area contributed by atoms with Crippen LogP contribution in [0.2, 0.25) is 0 Å². The third-order valence-electron chi connectivity index (χ3n) is 4.86. The summed E-state index contributed by atoms with van der Waals surface area (Å²) >= 11 is 0. The van der Waals surface area contributed by atoms with E-state index in [0.29, 0.717) is 11.0 Å². The van der Waals surface area contributed by atoms with Crippen LogP contribution in [-0.2, 0) is 0 Å². The fourth-order valence-electron chi connectivity index (χ4n) is 3.23. The topological polar surface area (TPSA) is 29.3 Å². The van der Waals surface area contributed by atoms with E-state index in [2.05, 4.69) is 25.7 Å². The summed E-state index contributed by atoms with van der Waals surface area (Å²) in [6.45, 7) is 10.0. The molecule has 2 nitrogen and oxygen atoms in total. The number of nitrogens with zero attached hydrogens (tertiary/aromatic N) is 1. The van der Waals surface area contributed by atoms with Crippen molar-refractivity contribution in [1.29, 1.82) is 0 Å². The summed E-state index contributed by atoms with van der Waals surface area (Å²) in [7, 11) is 0. The van der Waals surface area contributed by atoms with E-state index >= 15 is 0 Å². The predicted octanol–water partition coefficient (Wildman–Crippen LogP) is 3.97. The molecule has 2 unspecified atom stereocenters. The van der Waals surface area contributed by atoms with Gasteiger partial charge in [0.05, 0.1) is 0 Å². The van der Waals surface area contributed by atoms with Gasteiger partial charge in [-0.05, 0) is 49.8 Å².